The van der Waals surface area contributed by atoms with Crippen molar-refractivity contribution in [1.29, 1.82) is 0 Å². The molecule has 0 aromatic heterocycles. The minimum absolute atomic E-state index is 0.293. The highest BCUT2D eigenvalue weighted by atomic mass is 16.5. The summed E-state index contributed by atoms with van der Waals surface area (Å²) in [5.74, 6) is 0.865. The maximum absolute atomic E-state index is 5.95. The highest BCUT2D eigenvalue weighted by Crippen LogP contribution is 2.34. The SMILES string of the molecule is CN=C(NCc1ccccc1CN1CC(C)OC(C)C1)NC1CC2CCC1O2. The molecular formula is C22H34N4O2. The second-order valence-electron chi connectivity index (χ2n) is 8.51. The van der Waals surface area contributed by atoms with Crippen molar-refractivity contribution in [3.63, 3.8) is 0 Å². The lowest BCUT2D eigenvalue weighted by molar-refractivity contribution is -0.0705. The summed E-state index contributed by atoms with van der Waals surface area (Å²) in [5.41, 5.74) is 2.69. The van der Waals surface area contributed by atoms with Gasteiger partial charge in [0.05, 0.1) is 30.5 Å². The molecule has 0 radical (unpaired) electrons. The number of guanidine groups is 1. The standard InChI is InChI=1S/C22H34N4O2/c1-15-12-26(13-16(2)27-15)14-18-7-5-4-6-17(18)11-24-22(23-3)25-20-10-19-8-9-21(20)28-19/h4-7,15-16,19-21H,8-14H2,1-3H3,(H2,23,24,25). The van der Waals surface area contributed by atoms with Crippen LogP contribution in [0.3, 0.4) is 0 Å². The average molecular weight is 387 g/mol. The summed E-state index contributed by atoms with van der Waals surface area (Å²) in [7, 11) is 1.84. The van der Waals surface area contributed by atoms with Crippen LogP contribution < -0.4 is 10.6 Å². The zero-order valence-electron chi connectivity index (χ0n) is 17.4. The molecule has 3 aliphatic rings. The Balaban J connectivity index is 1.34. The van der Waals surface area contributed by atoms with Crippen LogP contribution in [0.15, 0.2) is 29.3 Å². The summed E-state index contributed by atoms with van der Waals surface area (Å²) in [6, 6.07) is 9.08. The molecule has 1 aromatic carbocycles. The number of fused-ring (bicyclic) bond motifs is 2. The molecule has 5 unspecified atom stereocenters. The topological polar surface area (TPSA) is 58.1 Å². The van der Waals surface area contributed by atoms with Crippen LogP contribution in [0.1, 0.15) is 44.2 Å². The lowest BCUT2D eigenvalue weighted by atomic mass is 9.96. The van der Waals surface area contributed by atoms with Crippen LogP contribution in [-0.2, 0) is 22.6 Å². The highest BCUT2D eigenvalue weighted by molar-refractivity contribution is 5.80. The number of morpholine rings is 1. The van der Waals surface area contributed by atoms with Gasteiger partial charge in [0.1, 0.15) is 0 Å². The van der Waals surface area contributed by atoms with Crippen molar-refractivity contribution in [2.75, 3.05) is 20.1 Å². The summed E-state index contributed by atoms with van der Waals surface area (Å²) in [4.78, 5) is 6.92. The molecular weight excluding hydrogens is 352 g/mol. The van der Waals surface area contributed by atoms with Crippen molar-refractivity contribution in [3.05, 3.63) is 35.4 Å². The van der Waals surface area contributed by atoms with Crippen LogP contribution >= 0.6 is 0 Å². The van der Waals surface area contributed by atoms with E-state index in [1.54, 1.807) is 0 Å². The first kappa shape index (κ1) is 19.7. The van der Waals surface area contributed by atoms with Gasteiger partial charge in [-0.05, 0) is 44.2 Å². The summed E-state index contributed by atoms with van der Waals surface area (Å²) >= 11 is 0. The number of hydrogen-bond donors (Lipinski definition) is 2. The van der Waals surface area contributed by atoms with Crippen LogP contribution in [0, 0.1) is 0 Å². The number of hydrogen-bond acceptors (Lipinski definition) is 4. The van der Waals surface area contributed by atoms with Gasteiger partial charge in [0, 0.05) is 33.2 Å². The van der Waals surface area contributed by atoms with Crippen molar-refractivity contribution in [2.45, 2.75) is 76.7 Å². The van der Waals surface area contributed by atoms with Gasteiger partial charge in [-0.1, -0.05) is 24.3 Å². The van der Waals surface area contributed by atoms with E-state index in [0.29, 0.717) is 30.5 Å². The first-order valence-corrected chi connectivity index (χ1v) is 10.7. The van der Waals surface area contributed by atoms with Crippen molar-refractivity contribution in [3.8, 4) is 0 Å². The third kappa shape index (κ3) is 4.67. The smallest absolute Gasteiger partial charge is 0.191 e. The summed E-state index contributed by atoms with van der Waals surface area (Å²) in [5, 5.41) is 7.07. The van der Waals surface area contributed by atoms with Gasteiger partial charge in [0.15, 0.2) is 5.96 Å². The fourth-order valence-corrected chi connectivity index (χ4v) is 4.88. The summed E-state index contributed by atoms with van der Waals surface area (Å²) < 4.78 is 11.8. The third-order valence-corrected chi connectivity index (χ3v) is 6.11. The Morgan fingerprint density at radius 3 is 2.50 bits per heavy atom. The average Bonchev–Trinajstić information content (AvgIpc) is 3.28. The Labute approximate surface area is 168 Å². The van der Waals surface area contributed by atoms with Gasteiger partial charge in [-0.3, -0.25) is 9.89 Å². The molecule has 1 aromatic rings. The minimum atomic E-state index is 0.293. The van der Waals surface area contributed by atoms with Gasteiger partial charge >= 0.3 is 0 Å². The Kier molecular flexibility index (Phi) is 6.19. The predicted octanol–water partition coefficient (Wildman–Crippen LogP) is 2.28. The molecule has 3 aliphatic heterocycles. The van der Waals surface area contributed by atoms with Gasteiger partial charge in [0.25, 0.3) is 0 Å². The van der Waals surface area contributed by atoms with E-state index in [1.165, 1.54) is 24.0 Å². The second-order valence-corrected chi connectivity index (χ2v) is 8.51. The Hall–Kier alpha value is -1.63. The molecule has 5 atom stereocenters. The molecule has 0 spiro atoms. The van der Waals surface area contributed by atoms with Gasteiger partial charge in [-0.25, -0.2) is 0 Å². The molecule has 4 rings (SSSR count). The summed E-state index contributed by atoms with van der Waals surface area (Å²) in [6.45, 7) is 8.02. The van der Waals surface area contributed by atoms with Crippen LogP contribution in [0.4, 0.5) is 0 Å². The van der Waals surface area contributed by atoms with E-state index in [9.17, 15) is 0 Å². The van der Waals surface area contributed by atoms with Crippen LogP contribution in [0.25, 0.3) is 0 Å². The molecule has 3 fully saturated rings. The van der Waals surface area contributed by atoms with E-state index in [1.807, 2.05) is 7.05 Å². The lowest BCUT2D eigenvalue weighted by Gasteiger charge is -2.35. The number of aliphatic imine (C=N–C) groups is 1. The Bertz CT molecular complexity index is 685. The fourth-order valence-electron chi connectivity index (χ4n) is 4.88. The van der Waals surface area contributed by atoms with Crippen LogP contribution in [0.5, 0.6) is 0 Å². The van der Waals surface area contributed by atoms with Crippen molar-refractivity contribution < 1.29 is 9.47 Å². The number of nitrogens with one attached hydrogen (secondary N) is 2. The Morgan fingerprint density at radius 1 is 1.11 bits per heavy atom. The van der Waals surface area contributed by atoms with Crippen LogP contribution in [0.2, 0.25) is 0 Å². The normalized spacial score (nSPS) is 33.2. The molecule has 3 saturated heterocycles. The first-order chi connectivity index (χ1) is 13.6. The zero-order valence-corrected chi connectivity index (χ0v) is 17.4. The second kappa shape index (κ2) is 8.80. The van der Waals surface area contributed by atoms with Gasteiger partial charge < -0.3 is 20.1 Å². The van der Waals surface area contributed by atoms with E-state index in [0.717, 1.165) is 38.6 Å². The summed E-state index contributed by atoms with van der Waals surface area (Å²) in [6.07, 6.45) is 4.84. The highest BCUT2D eigenvalue weighted by Gasteiger charge is 2.41. The van der Waals surface area contributed by atoms with Crippen molar-refractivity contribution in [1.82, 2.24) is 15.5 Å². The predicted molar refractivity (Wildman–Crippen MR) is 111 cm³/mol. The molecule has 154 valence electrons. The molecule has 0 saturated carbocycles. The fraction of sp³-hybridized carbons (Fsp3) is 0.682. The molecule has 2 bridgehead atoms. The minimum Gasteiger partial charge on any atom is -0.373 e. The first-order valence-electron chi connectivity index (χ1n) is 10.7. The number of benzene rings is 1. The number of ether oxygens (including phenoxy) is 2. The molecule has 6 nitrogen and oxygen atoms in total. The molecule has 0 amide bonds. The number of rotatable bonds is 5. The van der Waals surface area contributed by atoms with Gasteiger partial charge in [-0.2, -0.15) is 0 Å². The van der Waals surface area contributed by atoms with E-state index in [4.69, 9.17) is 9.47 Å². The molecule has 2 N–H and O–H groups in total. The zero-order chi connectivity index (χ0) is 19.5. The molecule has 3 heterocycles. The van der Waals surface area contributed by atoms with Crippen molar-refractivity contribution in [2.24, 2.45) is 4.99 Å². The maximum Gasteiger partial charge on any atom is 0.191 e. The maximum atomic E-state index is 5.95. The molecule has 6 heteroatoms. The number of nitrogens with zero attached hydrogens (tertiary/aromatic N) is 2. The van der Waals surface area contributed by atoms with E-state index in [-0.39, 0.29) is 0 Å². The largest absolute Gasteiger partial charge is 0.373 e. The molecule has 28 heavy (non-hydrogen) atoms. The van der Waals surface area contributed by atoms with Crippen molar-refractivity contribution >= 4 is 5.96 Å². The monoisotopic (exact) mass is 386 g/mol. The quantitative estimate of drug-likeness (QED) is 0.601. The van der Waals surface area contributed by atoms with Crippen LogP contribution in [-0.4, -0.2) is 61.5 Å². The van der Waals surface area contributed by atoms with E-state index < -0.39 is 0 Å². The third-order valence-electron chi connectivity index (χ3n) is 6.11. The van der Waals surface area contributed by atoms with E-state index >= 15 is 0 Å². The molecule has 0 aliphatic carbocycles. The lowest BCUT2D eigenvalue weighted by Crippen LogP contribution is -2.47. The van der Waals surface area contributed by atoms with E-state index in [2.05, 4.69) is 58.6 Å². The van der Waals surface area contributed by atoms with Gasteiger partial charge in [-0.15, -0.1) is 0 Å². The Morgan fingerprint density at radius 2 is 1.86 bits per heavy atom. The van der Waals surface area contributed by atoms with Gasteiger partial charge in [0.2, 0.25) is 0 Å².